The van der Waals surface area contributed by atoms with Crippen LogP contribution < -0.4 is 0 Å². The highest BCUT2D eigenvalue weighted by Gasteiger charge is 2.35. The smallest absolute Gasteiger partial charge is 0.167 e. The summed E-state index contributed by atoms with van der Waals surface area (Å²) in [5.41, 5.74) is 13.6. The summed E-state index contributed by atoms with van der Waals surface area (Å²) in [6, 6.07) is 58.2. The van der Waals surface area contributed by atoms with Crippen molar-refractivity contribution in [1.82, 2.24) is 19.5 Å². The molecule has 65 heavy (non-hydrogen) atoms. The molecule has 5 nitrogen and oxygen atoms in total. The Kier molecular flexibility index (Phi) is 7.11. The fraction of sp³-hybridized carbons (Fsp3) is 0.0500. The van der Waals surface area contributed by atoms with E-state index in [9.17, 15) is 0 Å². The molecule has 0 spiro atoms. The molecule has 0 saturated heterocycles. The van der Waals surface area contributed by atoms with Crippen LogP contribution in [0.1, 0.15) is 31.8 Å². The third kappa shape index (κ3) is 5.82. The zero-order valence-corrected chi connectivity index (χ0v) is 35.4. The normalized spacial score (nSPS) is 14.0. The van der Waals surface area contributed by atoms with Crippen molar-refractivity contribution in [3.05, 3.63) is 217 Å². The molecule has 0 bridgehead atoms. The van der Waals surface area contributed by atoms with Gasteiger partial charge in [-0.25, -0.2) is 15.0 Å². The van der Waals surface area contributed by atoms with Gasteiger partial charge in [0, 0.05) is 49.3 Å². The zero-order chi connectivity index (χ0) is 47.6. The number of fused-ring (bicyclic) bond motifs is 9. The molecule has 306 valence electrons. The van der Waals surface area contributed by atoms with Crippen molar-refractivity contribution in [3.63, 3.8) is 0 Å². The number of rotatable bonds is 6. The van der Waals surface area contributed by atoms with E-state index in [2.05, 4.69) is 146 Å². The molecule has 0 atom stereocenters. The Morgan fingerprint density at radius 3 is 1.82 bits per heavy atom. The van der Waals surface area contributed by atoms with E-state index >= 15 is 0 Å². The molecule has 0 N–H and O–H groups in total. The van der Waals surface area contributed by atoms with Gasteiger partial charge in [0.15, 0.2) is 17.5 Å². The van der Waals surface area contributed by atoms with Crippen LogP contribution in [0.15, 0.2) is 211 Å². The quantitative estimate of drug-likeness (QED) is 0.167. The van der Waals surface area contributed by atoms with Gasteiger partial charge in [-0.2, -0.15) is 0 Å². The summed E-state index contributed by atoms with van der Waals surface area (Å²) < 4.78 is 53.4. The van der Waals surface area contributed by atoms with Gasteiger partial charge in [0.1, 0.15) is 11.2 Å². The van der Waals surface area contributed by atoms with Gasteiger partial charge in [-0.1, -0.05) is 184 Å². The molecule has 1 aliphatic carbocycles. The Hall–Kier alpha value is -8.41. The molecule has 5 heteroatoms. The van der Waals surface area contributed by atoms with Crippen molar-refractivity contribution in [2.24, 2.45) is 0 Å². The molecule has 12 aromatic rings. The van der Waals surface area contributed by atoms with Crippen LogP contribution in [-0.2, 0) is 5.41 Å². The van der Waals surface area contributed by atoms with Crippen LogP contribution in [0.4, 0.5) is 0 Å². The van der Waals surface area contributed by atoms with Gasteiger partial charge >= 0.3 is 0 Å². The predicted octanol–water partition coefficient (Wildman–Crippen LogP) is 15.5. The van der Waals surface area contributed by atoms with E-state index in [1.165, 1.54) is 11.1 Å². The Morgan fingerprint density at radius 2 is 1.02 bits per heavy atom. The summed E-state index contributed by atoms with van der Waals surface area (Å²) in [6.07, 6.45) is 0. The van der Waals surface area contributed by atoms with Gasteiger partial charge in [-0.05, 0) is 75.3 Å². The van der Waals surface area contributed by atoms with Gasteiger partial charge in [-0.15, -0.1) is 0 Å². The molecule has 13 rings (SSSR count). The molecule has 3 aromatic heterocycles. The van der Waals surface area contributed by atoms with Crippen LogP contribution in [-0.4, -0.2) is 19.5 Å². The lowest BCUT2D eigenvalue weighted by atomic mass is 9.82. The van der Waals surface area contributed by atoms with E-state index in [4.69, 9.17) is 26.2 Å². The maximum Gasteiger partial charge on any atom is 0.167 e. The molecule has 0 amide bonds. The number of hydrogen-bond donors (Lipinski definition) is 0. The monoisotopic (exact) mass is 837 g/mol. The minimum absolute atomic E-state index is 0.0526. The lowest BCUT2D eigenvalue weighted by Gasteiger charge is -2.21. The van der Waals surface area contributed by atoms with Crippen LogP contribution in [0.25, 0.3) is 117 Å². The van der Waals surface area contributed by atoms with E-state index in [0.717, 1.165) is 71.6 Å². The van der Waals surface area contributed by atoms with Gasteiger partial charge in [0.2, 0.25) is 0 Å². The zero-order valence-electron chi connectivity index (χ0n) is 40.4. The average molecular weight is 838 g/mol. The van der Waals surface area contributed by atoms with Gasteiger partial charge in [0.05, 0.1) is 23.5 Å². The third-order valence-corrected chi connectivity index (χ3v) is 13.1. The summed E-state index contributed by atoms with van der Waals surface area (Å²) in [5, 5.41) is 3.92. The summed E-state index contributed by atoms with van der Waals surface area (Å²) in [7, 11) is 0. The Balaban J connectivity index is 1.12. The van der Waals surface area contributed by atoms with E-state index in [0.29, 0.717) is 22.3 Å². The third-order valence-electron chi connectivity index (χ3n) is 13.1. The van der Waals surface area contributed by atoms with E-state index in [1.54, 1.807) is 0 Å². The lowest BCUT2D eigenvalue weighted by Crippen LogP contribution is -2.14. The summed E-state index contributed by atoms with van der Waals surface area (Å²) in [4.78, 5) is 15.4. The topological polar surface area (TPSA) is 56.7 Å². The van der Waals surface area contributed by atoms with Crippen molar-refractivity contribution >= 4 is 43.7 Å². The van der Waals surface area contributed by atoms with Gasteiger partial charge < -0.3 is 8.98 Å². The van der Waals surface area contributed by atoms with Gasteiger partial charge in [0.25, 0.3) is 0 Å². The van der Waals surface area contributed by atoms with Crippen molar-refractivity contribution < 1.29 is 11.3 Å². The second-order valence-corrected chi connectivity index (χ2v) is 17.2. The molecule has 0 saturated carbocycles. The maximum absolute atomic E-state index is 9.12. The van der Waals surface area contributed by atoms with Crippen molar-refractivity contribution in [2.75, 3.05) is 0 Å². The van der Waals surface area contributed by atoms with Crippen molar-refractivity contribution in [1.29, 1.82) is 0 Å². The number of hydrogen-bond acceptors (Lipinski definition) is 4. The number of nitrogens with zero attached hydrogens (tertiary/aromatic N) is 4. The minimum Gasteiger partial charge on any atom is -0.455 e. The van der Waals surface area contributed by atoms with E-state index in [-0.39, 0.29) is 28.5 Å². The molecule has 0 unspecified atom stereocenters. The van der Waals surface area contributed by atoms with E-state index < -0.39 is 30.2 Å². The van der Waals surface area contributed by atoms with Crippen LogP contribution in [0.5, 0.6) is 0 Å². The SMILES string of the molecule is [2H]c1c([2H])c([2H])c(-c2nc(-c3ccc4c(c3)-c3ccccc3C4(C)C)nc(-c3cc(-n4c5ccccc5c5ccccc54)cc4c3oc3c(-c5cccc(-c6ccccc6)c5)cccc34)n2)c([2H])c1[2H]. The first-order valence-electron chi connectivity index (χ1n) is 24.3. The fourth-order valence-corrected chi connectivity index (χ4v) is 10.1. The lowest BCUT2D eigenvalue weighted by molar-refractivity contribution is 0.660. The highest BCUT2D eigenvalue weighted by atomic mass is 16.3. The van der Waals surface area contributed by atoms with E-state index in [1.807, 2.05) is 48.5 Å². The van der Waals surface area contributed by atoms with Crippen LogP contribution in [0.3, 0.4) is 0 Å². The molecule has 0 fully saturated rings. The first-order valence-corrected chi connectivity index (χ1v) is 21.8. The largest absolute Gasteiger partial charge is 0.455 e. The molecule has 0 aliphatic heterocycles. The molecular formula is C60H40N4O. The molecule has 3 heterocycles. The number of aromatic nitrogens is 4. The van der Waals surface area contributed by atoms with Crippen molar-refractivity contribution in [3.8, 4) is 73.2 Å². The van der Waals surface area contributed by atoms with Crippen LogP contribution in [0, 0.1) is 0 Å². The molecule has 9 aromatic carbocycles. The average Bonchev–Trinajstić information content (AvgIpc) is 4.03. The molecule has 0 radical (unpaired) electrons. The summed E-state index contributed by atoms with van der Waals surface area (Å²) >= 11 is 0. The minimum atomic E-state index is -0.499. The Morgan fingerprint density at radius 1 is 0.415 bits per heavy atom. The Bertz CT molecular complexity index is 4090. The van der Waals surface area contributed by atoms with Crippen molar-refractivity contribution in [2.45, 2.75) is 19.3 Å². The maximum atomic E-state index is 9.12. The number of furan rings is 1. The second-order valence-electron chi connectivity index (χ2n) is 17.2. The Labute approximate surface area is 383 Å². The predicted molar refractivity (Wildman–Crippen MR) is 266 cm³/mol. The highest BCUT2D eigenvalue weighted by molar-refractivity contribution is 6.15. The molecular weight excluding hydrogens is 793 g/mol. The number of para-hydroxylation sites is 3. The highest BCUT2D eigenvalue weighted by Crippen LogP contribution is 2.50. The summed E-state index contributed by atoms with van der Waals surface area (Å²) in [5.74, 6) is 0.442. The molecule has 1 aliphatic rings. The number of benzene rings is 9. The first-order chi connectivity index (χ1) is 34.0. The summed E-state index contributed by atoms with van der Waals surface area (Å²) in [6.45, 7) is 4.45. The van der Waals surface area contributed by atoms with Gasteiger partial charge in [-0.3, -0.25) is 0 Å². The van der Waals surface area contributed by atoms with Crippen LogP contribution >= 0.6 is 0 Å². The fourth-order valence-electron chi connectivity index (χ4n) is 10.1. The van der Waals surface area contributed by atoms with Crippen LogP contribution in [0.2, 0.25) is 0 Å². The standard InChI is InChI=1S/C60H40N4O/c1-60(2)51-28-12-9-23-44(51)48-34-41(31-32-52(48)60)58-61-57(38-19-7-4-8-20-38)62-59(63-58)50-36-42(64-53-29-13-10-24-45(53)46-25-11-14-30-54(46)64)35-49-47-27-16-26-43(55(47)65-56(49)50)40-22-15-21-39(33-40)37-17-5-3-6-18-37/h3-36H,1-2H3/i4D,7D,8D,19D,20D. The second kappa shape index (κ2) is 14.3. The first kappa shape index (κ1) is 32.3.